The van der Waals surface area contributed by atoms with Crippen molar-refractivity contribution in [1.82, 2.24) is 15.5 Å². The van der Waals surface area contributed by atoms with Crippen molar-refractivity contribution >= 4 is 11.7 Å². The maximum absolute atomic E-state index is 12.8. The van der Waals surface area contributed by atoms with E-state index in [1.165, 1.54) is 24.3 Å². The van der Waals surface area contributed by atoms with Crippen LogP contribution in [0, 0.1) is 12.7 Å². The van der Waals surface area contributed by atoms with E-state index < -0.39 is 0 Å². The highest BCUT2D eigenvalue weighted by Crippen LogP contribution is 2.08. The molecule has 6 nitrogen and oxygen atoms in total. The first-order valence-electron chi connectivity index (χ1n) is 6.89. The number of hydrogen-bond acceptors (Lipinski definition) is 5. The number of carbonyl (C=O) groups excluding carboxylic acids is 2. The molecule has 0 aliphatic heterocycles. The minimum Gasteiger partial charge on any atom is -0.349 e. The molecule has 1 heterocycles. The molecular weight excluding hydrogens is 289 g/mol. The second-order valence-corrected chi connectivity index (χ2v) is 4.79. The predicted molar refractivity (Wildman–Crippen MR) is 75.5 cm³/mol. The first kappa shape index (κ1) is 15.8. The SMILES string of the molecule is Cc1nc(CNC(=O)CCCC(=O)c2ccc(F)cc2)no1. The largest absolute Gasteiger partial charge is 0.349 e. The van der Waals surface area contributed by atoms with Crippen molar-refractivity contribution in [3.05, 3.63) is 47.4 Å². The van der Waals surface area contributed by atoms with Crippen molar-refractivity contribution in [2.75, 3.05) is 0 Å². The summed E-state index contributed by atoms with van der Waals surface area (Å²) >= 11 is 0. The number of amides is 1. The fraction of sp³-hybridized carbons (Fsp3) is 0.333. The van der Waals surface area contributed by atoms with Gasteiger partial charge in [0.2, 0.25) is 11.8 Å². The average molecular weight is 305 g/mol. The van der Waals surface area contributed by atoms with Crippen LogP contribution in [0.3, 0.4) is 0 Å². The Bertz CT molecular complexity index is 652. The number of hydrogen-bond donors (Lipinski definition) is 1. The number of halogens is 1. The molecule has 0 bridgehead atoms. The summed E-state index contributed by atoms with van der Waals surface area (Å²) in [5.74, 6) is 0.172. The molecule has 0 atom stereocenters. The van der Waals surface area contributed by atoms with Crippen molar-refractivity contribution in [3.8, 4) is 0 Å². The summed E-state index contributed by atoms with van der Waals surface area (Å²) in [6.45, 7) is 1.86. The third-order valence-corrected chi connectivity index (χ3v) is 2.99. The summed E-state index contributed by atoms with van der Waals surface area (Å²) in [5.41, 5.74) is 0.448. The Labute approximate surface area is 126 Å². The first-order valence-corrected chi connectivity index (χ1v) is 6.89. The van der Waals surface area contributed by atoms with E-state index in [2.05, 4.69) is 15.5 Å². The number of carbonyl (C=O) groups is 2. The fourth-order valence-electron chi connectivity index (χ4n) is 1.87. The number of ketones is 1. The monoisotopic (exact) mass is 305 g/mol. The van der Waals surface area contributed by atoms with Crippen LogP contribution < -0.4 is 5.32 Å². The Morgan fingerprint density at radius 3 is 2.59 bits per heavy atom. The molecule has 7 heteroatoms. The highest BCUT2D eigenvalue weighted by atomic mass is 19.1. The molecule has 0 unspecified atom stereocenters. The third kappa shape index (κ3) is 4.76. The van der Waals surface area contributed by atoms with E-state index in [4.69, 9.17) is 4.52 Å². The zero-order chi connectivity index (χ0) is 15.9. The second kappa shape index (κ2) is 7.44. The number of Topliss-reactive ketones (excluding diaryl/α,β-unsaturated/α-hetero) is 1. The molecule has 0 spiro atoms. The summed E-state index contributed by atoms with van der Waals surface area (Å²) in [4.78, 5) is 27.4. The predicted octanol–water partition coefficient (Wildman–Crippen LogP) is 2.19. The Balaban J connectivity index is 1.68. The molecule has 2 aromatic rings. The maximum Gasteiger partial charge on any atom is 0.223 e. The van der Waals surface area contributed by atoms with Crippen LogP contribution >= 0.6 is 0 Å². The van der Waals surface area contributed by atoms with Crippen LogP contribution in [0.1, 0.15) is 41.3 Å². The minimum absolute atomic E-state index is 0.110. The molecule has 22 heavy (non-hydrogen) atoms. The molecule has 2 rings (SSSR count). The molecular formula is C15H16FN3O3. The van der Waals surface area contributed by atoms with Gasteiger partial charge in [0.25, 0.3) is 0 Å². The van der Waals surface area contributed by atoms with Gasteiger partial charge in [-0.3, -0.25) is 9.59 Å². The quantitative estimate of drug-likeness (QED) is 0.793. The zero-order valence-electron chi connectivity index (χ0n) is 12.1. The molecule has 0 radical (unpaired) electrons. The number of aryl methyl sites for hydroxylation is 1. The van der Waals surface area contributed by atoms with E-state index >= 15 is 0 Å². The zero-order valence-corrected chi connectivity index (χ0v) is 12.1. The lowest BCUT2D eigenvalue weighted by Crippen LogP contribution is -2.23. The third-order valence-electron chi connectivity index (χ3n) is 2.99. The number of nitrogens with one attached hydrogen (secondary N) is 1. The van der Waals surface area contributed by atoms with Crippen molar-refractivity contribution in [2.24, 2.45) is 0 Å². The van der Waals surface area contributed by atoms with E-state index in [-0.39, 0.29) is 36.9 Å². The lowest BCUT2D eigenvalue weighted by Gasteiger charge is -2.03. The van der Waals surface area contributed by atoms with E-state index in [1.54, 1.807) is 6.92 Å². The van der Waals surface area contributed by atoms with E-state index in [1.807, 2.05) is 0 Å². The molecule has 0 aliphatic rings. The molecule has 116 valence electrons. The normalized spacial score (nSPS) is 10.5. The summed E-state index contributed by atoms with van der Waals surface area (Å²) in [6, 6.07) is 5.37. The van der Waals surface area contributed by atoms with Crippen LogP contribution in [-0.4, -0.2) is 21.8 Å². The van der Waals surface area contributed by atoms with Crippen LogP contribution in [0.15, 0.2) is 28.8 Å². The topological polar surface area (TPSA) is 85.1 Å². The van der Waals surface area contributed by atoms with Crippen LogP contribution in [0.25, 0.3) is 0 Å². The van der Waals surface area contributed by atoms with Gasteiger partial charge in [-0.25, -0.2) is 4.39 Å². The average Bonchev–Trinajstić information content (AvgIpc) is 2.91. The van der Waals surface area contributed by atoms with Gasteiger partial charge in [-0.15, -0.1) is 0 Å². The van der Waals surface area contributed by atoms with Crippen molar-refractivity contribution in [1.29, 1.82) is 0 Å². The fourth-order valence-corrected chi connectivity index (χ4v) is 1.87. The van der Waals surface area contributed by atoms with Gasteiger partial charge in [0.15, 0.2) is 11.6 Å². The minimum atomic E-state index is -0.382. The Kier molecular flexibility index (Phi) is 5.35. The first-order chi connectivity index (χ1) is 10.5. The van der Waals surface area contributed by atoms with E-state index in [0.717, 1.165) is 0 Å². The van der Waals surface area contributed by atoms with Gasteiger partial charge in [-0.2, -0.15) is 4.98 Å². The summed E-state index contributed by atoms with van der Waals surface area (Å²) < 4.78 is 17.5. The highest BCUT2D eigenvalue weighted by molar-refractivity contribution is 5.96. The van der Waals surface area contributed by atoms with Gasteiger partial charge in [0, 0.05) is 25.3 Å². The number of aromatic nitrogens is 2. The molecule has 1 aromatic carbocycles. The van der Waals surface area contributed by atoms with E-state index in [9.17, 15) is 14.0 Å². The molecule has 1 aromatic heterocycles. The Morgan fingerprint density at radius 1 is 1.23 bits per heavy atom. The van der Waals surface area contributed by atoms with Crippen molar-refractivity contribution < 1.29 is 18.5 Å². The van der Waals surface area contributed by atoms with Gasteiger partial charge < -0.3 is 9.84 Å². The van der Waals surface area contributed by atoms with Gasteiger partial charge in [-0.1, -0.05) is 5.16 Å². The number of rotatable bonds is 7. The number of benzene rings is 1. The van der Waals surface area contributed by atoms with Crippen LogP contribution in [0.2, 0.25) is 0 Å². The number of nitrogens with zero attached hydrogens (tertiary/aromatic N) is 2. The lowest BCUT2D eigenvalue weighted by molar-refractivity contribution is -0.121. The Hall–Kier alpha value is -2.57. The summed E-state index contributed by atoms with van der Waals surface area (Å²) in [5, 5.41) is 6.31. The summed E-state index contributed by atoms with van der Waals surface area (Å²) in [7, 11) is 0. The van der Waals surface area contributed by atoms with Gasteiger partial charge in [-0.05, 0) is 30.7 Å². The molecule has 1 N–H and O–H groups in total. The Morgan fingerprint density at radius 2 is 1.95 bits per heavy atom. The van der Waals surface area contributed by atoms with Crippen LogP contribution in [0.4, 0.5) is 4.39 Å². The van der Waals surface area contributed by atoms with Crippen LogP contribution in [0.5, 0.6) is 0 Å². The lowest BCUT2D eigenvalue weighted by atomic mass is 10.1. The maximum atomic E-state index is 12.8. The van der Waals surface area contributed by atoms with Gasteiger partial charge >= 0.3 is 0 Å². The molecule has 0 fully saturated rings. The second-order valence-electron chi connectivity index (χ2n) is 4.79. The molecule has 0 saturated carbocycles. The smallest absolute Gasteiger partial charge is 0.223 e. The van der Waals surface area contributed by atoms with Gasteiger partial charge in [0.1, 0.15) is 5.82 Å². The molecule has 0 aliphatic carbocycles. The van der Waals surface area contributed by atoms with Crippen molar-refractivity contribution in [2.45, 2.75) is 32.7 Å². The van der Waals surface area contributed by atoms with E-state index in [0.29, 0.717) is 23.7 Å². The summed E-state index contributed by atoms with van der Waals surface area (Å²) in [6.07, 6.45) is 0.886. The standard InChI is InChI=1S/C15H16FN3O3/c1-10-18-14(19-22-10)9-17-15(21)4-2-3-13(20)11-5-7-12(16)8-6-11/h5-8H,2-4,9H2,1H3,(H,17,21). The highest BCUT2D eigenvalue weighted by Gasteiger charge is 2.09. The van der Waals surface area contributed by atoms with Crippen molar-refractivity contribution in [3.63, 3.8) is 0 Å². The molecule has 0 saturated heterocycles. The molecule has 1 amide bonds. The van der Waals surface area contributed by atoms with Crippen LogP contribution in [-0.2, 0) is 11.3 Å². The van der Waals surface area contributed by atoms with Gasteiger partial charge in [0.05, 0.1) is 6.54 Å².